The summed E-state index contributed by atoms with van der Waals surface area (Å²) < 4.78 is 2.07. The minimum atomic E-state index is 0.301. The molecule has 2 aromatic rings. The van der Waals surface area contributed by atoms with Gasteiger partial charge in [0.1, 0.15) is 0 Å². The van der Waals surface area contributed by atoms with Gasteiger partial charge in [-0.3, -0.25) is 4.98 Å². The van der Waals surface area contributed by atoms with Gasteiger partial charge in [0.15, 0.2) is 0 Å². The Labute approximate surface area is 170 Å². The molecule has 0 saturated carbocycles. The molecule has 1 atom stereocenters. The molecule has 1 unspecified atom stereocenters. The number of piperidine rings is 1. The van der Waals surface area contributed by atoms with Gasteiger partial charge in [0.05, 0.1) is 5.69 Å². The number of pyridine rings is 1. The van der Waals surface area contributed by atoms with E-state index in [9.17, 15) is 0 Å². The third-order valence-electron chi connectivity index (χ3n) is 5.34. The summed E-state index contributed by atoms with van der Waals surface area (Å²) >= 11 is 13.6. The van der Waals surface area contributed by atoms with Gasteiger partial charge in [-0.2, -0.15) is 0 Å². The molecule has 0 spiro atoms. The normalized spacial score (nSPS) is 21.3. The van der Waals surface area contributed by atoms with Crippen LogP contribution in [0.15, 0.2) is 34.9 Å². The Bertz CT molecular complexity index is 842. The van der Waals surface area contributed by atoms with Gasteiger partial charge in [0.25, 0.3) is 0 Å². The molecule has 1 aliphatic carbocycles. The van der Waals surface area contributed by atoms with Crippen molar-refractivity contribution in [3.8, 4) is 0 Å². The highest BCUT2D eigenvalue weighted by Crippen LogP contribution is 2.46. The number of nitrogens with zero attached hydrogens (tertiary/aromatic N) is 2. The third-order valence-corrected chi connectivity index (χ3v) is 6.66. The highest BCUT2D eigenvalue weighted by molar-refractivity contribution is 9.15. The summed E-state index contributed by atoms with van der Waals surface area (Å²) in [7, 11) is 2.21. The lowest BCUT2D eigenvalue weighted by molar-refractivity contribution is 0.206. The second kappa shape index (κ2) is 7.15. The number of hydrogen-bond acceptors (Lipinski definition) is 2. The van der Waals surface area contributed by atoms with Gasteiger partial charge in [-0.1, -0.05) is 33.6 Å². The molecule has 2 aliphatic rings. The highest BCUT2D eigenvalue weighted by atomic mass is 79.9. The van der Waals surface area contributed by atoms with E-state index in [2.05, 4.69) is 68.1 Å². The fourth-order valence-corrected chi connectivity index (χ4v) is 5.12. The second-order valence-corrected chi connectivity index (χ2v) is 9.18. The van der Waals surface area contributed by atoms with Gasteiger partial charge in [-0.15, -0.1) is 0 Å². The zero-order chi connectivity index (χ0) is 17.6. The summed E-state index contributed by atoms with van der Waals surface area (Å²) in [6.45, 7) is 2.29. The van der Waals surface area contributed by atoms with Crippen molar-refractivity contribution in [1.82, 2.24) is 9.88 Å². The summed E-state index contributed by atoms with van der Waals surface area (Å²) in [5.41, 5.74) is 4.87. The van der Waals surface area contributed by atoms with Gasteiger partial charge >= 0.3 is 0 Å². The van der Waals surface area contributed by atoms with Crippen LogP contribution >= 0.6 is 43.5 Å². The van der Waals surface area contributed by atoms with Crippen LogP contribution in [0, 0.1) is 5.92 Å². The Hall–Kier alpha value is -0.680. The summed E-state index contributed by atoms with van der Waals surface area (Å²) in [5.74, 6) is 0.894. The van der Waals surface area contributed by atoms with Crippen LogP contribution in [-0.4, -0.2) is 30.0 Å². The predicted octanol–water partition coefficient (Wildman–Crippen LogP) is 6.18. The first-order valence-corrected chi connectivity index (χ1v) is 10.5. The first-order valence-electron chi connectivity index (χ1n) is 8.54. The quantitative estimate of drug-likeness (QED) is 0.483. The number of hydrogen-bond donors (Lipinski definition) is 0. The molecule has 0 amide bonds. The van der Waals surface area contributed by atoms with Crippen molar-refractivity contribution < 1.29 is 0 Å². The maximum atomic E-state index is 6.29. The van der Waals surface area contributed by atoms with Gasteiger partial charge in [-0.25, -0.2) is 0 Å². The second-order valence-electron chi connectivity index (χ2n) is 6.97. The van der Waals surface area contributed by atoms with Crippen LogP contribution in [0.25, 0.3) is 10.6 Å². The molecule has 0 N–H and O–H groups in total. The average Bonchev–Trinajstić information content (AvgIpc) is 2.70. The van der Waals surface area contributed by atoms with Crippen molar-refractivity contribution in [3.63, 3.8) is 0 Å². The molecule has 2 heterocycles. The van der Waals surface area contributed by atoms with Crippen LogP contribution in [0.5, 0.6) is 0 Å². The Balaban J connectivity index is 1.90. The van der Waals surface area contributed by atoms with Gasteiger partial charge in [0.2, 0.25) is 0 Å². The number of rotatable bonds is 1. The third kappa shape index (κ3) is 3.46. The smallest absolute Gasteiger partial charge is 0.0565 e. The van der Waals surface area contributed by atoms with E-state index in [0.717, 1.165) is 27.1 Å². The van der Waals surface area contributed by atoms with Crippen LogP contribution in [0.3, 0.4) is 0 Å². The summed E-state index contributed by atoms with van der Waals surface area (Å²) in [6.07, 6.45) is 6.49. The van der Waals surface area contributed by atoms with E-state index in [-0.39, 0.29) is 0 Å². The standard InChI is InChI=1S/C20H19Br2ClN2/c1-25-6-4-12(5-7-25)19-16-3-2-15(23)8-13(16)9-18(22)17-10-14(21)11-24-20(17)19/h2-3,8-12,19H,4-7H2,1H3. The summed E-state index contributed by atoms with van der Waals surface area (Å²) in [6, 6.07) is 8.43. The average molecular weight is 483 g/mol. The molecule has 1 aromatic carbocycles. The molecule has 5 heteroatoms. The number of benzene rings is 1. The van der Waals surface area contributed by atoms with Crippen molar-refractivity contribution in [2.45, 2.75) is 18.8 Å². The fraction of sp³-hybridized carbons (Fsp3) is 0.350. The Kier molecular flexibility index (Phi) is 5.07. The molecule has 1 aliphatic heterocycles. The molecule has 130 valence electrons. The highest BCUT2D eigenvalue weighted by Gasteiger charge is 2.33. The molecule has 1 fully saturated rings. The van der Waals surface area contributed by atoms with E-state index in [0.29, 0.717) is 11.8 Å². The zero-order valence-corrected chi connectivity index (χ0v) is 17.9. The van der Waals surface area contributed by atoms with E-state index >= 15 is 0 Å². The first-order chi connectivity index (χ1) is 12.0. The van der Waals surface area contributed by atoms with Crippen molar-refractivity contribution in [2.24, 2.45) is 5.92 Å². The number of likely N-dealkylation sites (tertiary alicyclic amines) is 1. The van der Waals surface area contributed by atoms with Crippen molar-refractivity contribution in [2.75, 3.05) is 20.1 Å². The van der Waals surface area contributed by atoms with E-state index in [1.54, 1.807) is 0 Å². The molecule has 0 bridgehead atoms. The predicted molar refractivity (Wildman–Crippen MR) is 112 cm³/mol. The van der Waals surface area contributed by atoms with Crippen molar-refractivity contribution in [1.29, 1.82) is 0 Å². The van der Waals surface area contributed by atoms with E-state index in [1.807, 2.05) is 12.3 Å². The van der Waals surface area contributed by atoms with Gasteiger partial charge in [-0.05, 0) is 90.2 Å². The lowest BCUT2D eigenvalue weighted by atomic mass is 9.76. The van der Waals surface area contributed by atoms with E-state index in [4.69, 9.17) is 16.6 Å². The largest absolute Gasteiger partial charge is 0.306 e. The first kappa shape index (κ1) is 17.7. The van der Waals surface area contributed by atoms with Crippen LogP contribution in [-0.2, 0) is 0 Å². The van der Waals surface area contributed by atoms with E-state index in [1.165, 1.54) is 35.2 Å². The minimum absolute atomic E-state index is 0.301. The van der Waals surface area contributed by atoms with Gasteiger partial charge in [0, 0.05) is 31.7 Å². The van der Waals surface area contributed by atoms with Crippen LogP contribution in [0.2, 0.25) is 5.02 Å². The minimum Gasteiger partial charge on any atom is -0.306 e. The maximum absolute atomic E-state index is 6.29. The molecular formula is C20H19Br2ClN2. The molecule has 1 aromatic heterocycles. The van der Waals surface area contributed by atoms with Crippen LogP contribution in [0.4, 0.5) is 0 Å². The zero-order valence-electron chi connectivity index (χ0n) is 14.0. The SMILES string of the molecule is CN1CCC(C2c3ccc(Cl)cc3C=C(Br)c3cc(Br)cnc32)CC1. The lowest BCUT2D eigenvalue weighted by Crippen LogP contribution is -2.33. The lowest BCUT2D eigenvalue weighted by Gasteiger charge is -2.35. The number of halogens is 3. The molecule has 0 radical (unpaired) electrons. The Morgan fingerprint density at radius 3 is 2.68 bits per heavy atom. The summed E-state index contributed by atoms with van der Waals surface area (Å²) in [5, 5.41) is 0.775. The van der Waals surface area contributed by atoms with E-state index < -0.39 is 0 Å². The topological polar surface area (TPSA) is 16.1 Å². The van der Waals surface area contributed by atoms with Crippen molar-refractivity contribution in [3.05, 3.63) is 62.3 Å². The van der Waals surface area contributed by atoms with Crippen molar-refractivity contribution >= 4 is 54.0 Å². The summed E-state index contributed by atoms with van der Waals surface area (Å²) in [4.78, 5) is 7.28. The molecule has 1 saturated heterocycles. The molecule has 2 nitrogen and oxygen atoms in total. The number of aromatic nitrogens is 1. The Morgan fingerprint density at radius 2 is 1.92 bits per heavy atom. The molecule has 25 heavy (non-hydrogen) atoms. The molecule has 4 rings (SSSR count). The fourth-order valence-electron chi connectivity index (χ4n) is 4.04. The monoisotopic (exact) mass is 480 g/mol. The Morgan fingerprint density at radius 1 is 1.16 bits per heavy atom. The molecular weight excluding hydrogens is 463 g/mol. The maximum Gasteiger partial charge on any atom is 0.0565 e. The van der Waals surface area contributed by atoms with Crippen LogP contribution < -0.4 is 0 Å². The van der Waals surface area contributed by atoms with Gasteiger partial charge < -0.3 is 4.90 Å². The number of fused-ring (bicyclic) bond motifs is 2. The van der Waals surface area contributed by atoms with Crippen LogP contribution in [0.1, 0.15) is 41.1 Å².